The van der Waals surface area contributed by atoms with Gasteiger partial charge in [0.1, 0.15) is 0 Å². The highest BCUT2D eigenvalue weighted by molar-refractivity contribution is 7.10. The standard InChI is InChI=1S/C16H23ClN2OS/c17-12-8-14(21-9-12)4-5-15(20)19-16-10-2-1-3-11(16)7-13(18)6-10/h8-11,13,16H,1-7,18H2,(H,19,20). The predicted octanol–water partition coefficient (Wildman–Crippen LogP) is 3.36. The number of nitrogens with two attached hydrogens (primary N) is 1. The van der Waals surface area contributed by atoms with E-state index in [1.807, 2.05) is 11.4 Å². The maximum absolute atomic E-state index is 12.2. The Morgan fingerprint density at radius 1 is 1.38 bits per heavy atom. The van der Waals surface area contributed by atoms with Gasteiger partial charge in [-0.25, -0.2) is 0 Å². The third-order valence-electron chi connectivity index (χ3n) is 4.92. The summed E-state index contributed by atoms with van der Waals surface area (Å²) in [5.41, 5.74) is 6.13. The van der Waals surface area contributed by atoms with Gasteiger partial charge in [-0.3, -0.25) is 4.79 Å². The molecule has 2 fully saturated rings. The third kappa shape index (κ3) is 3.79. The van der Waals surface area contributed by atoms with E-state index in [0.717, 1.165) is 24.3 Å². The van der Waals surface area contributed by atoms with Crippen molar-refractivity contribution in [2.45, 2.75) is 57.0 Å². The monoisotopic (exact) mass is 326 g/mol. The minimum atomic E-state index is 0.178. The molecule has 3 N–H and O–H groups in total. The van der Waals surface area contributed by atoms with E-state index in [-0.39, 0.29) is 5.91 Å². The van der Waals surface area contributed by atoms with Crippen LogP contribution in [0.25, 0.3) is 0 Å². The van der Waals surface area contributed by atoms with Crippen LogP contribution in [0.4, 0.5) is 0 Å². The summed E-state index contributed by atoms with van der Waals surface area (Å²) in [5, 5.41) is 5.98. The Kier molecular flexibility index (Phi) is 4.87. The van der Waals surface area contributed by atoms with Crippen molar-refractivity contribution in [2.75, 3.05) is 0 Å². The number of halogens is 1. The summed E-state index contributed by atoms with van der Waals surface area (Å²) < 4.78 is 0. The van der Waals surface area contributed by atoms with E-state index in [4.69, 9.17) is 17.3 Å². The number of aryl methyl sites for hydroxylation is 1. The summed E-state index contributed by atoms with van der Waals surface area (Å²) in [5.74, 6) is 1.36. The molecule has 2 unspecified atom stereocenters. The maximum atomic E-state index is 12.2. The molecular weight excluding hydrogens is 304 g/mol. The molecule has 1 heterocycles. The van der Waals surface area contributed by atoms with Crippen LogP contribution in [-0.4, -0.2) is 18.0 Å². The van der Waals surface area contributed by atoms with E-state index in [1.165, 1.54) is 24.1 Å². The second kappa shape index (κ2) is 6.67. The van der Waals surface area contributed by atoms with Crippen LogP contribution < -0.4 is 11.1 Å². The maximum Gasteiger partial charge on any atom is 0.220 e. The molecule has 116 valence electrons. The fourth-order valence-corrected chi connectivity index (χ4v) is 5.08. The first-order valence-corrected chi connectivity index (χ1v) is 9.15. The molecule has 2 aliphatic rings. The van der Waals surface area contributed by atoms with E-state index >= 15 is 0 Å². The van der Waals surface area contributed by atoms with Gasteiger partial charge in [0.15, 0.2) is 0 Å². The largest absolute Gasteiger partial charge is 0.353 e. The van der Waals surface area contributed by atoms with E-state index in [0.29, 0.717) is 30.3 Å². The van der Waals surface area contributed by atoms with Crippen molar-refractivity contribution < 1.29 is 4.79 Å². The summed E-state index contributed by atoms with van der Waals surface area (Å²) in [4.78, 5) is 13.4. The molecule has 3 nitrogen and oxygen atoms in total. The number of amides is 1. The summed E-state index contributed by atoms with van der Waals surface area (Å²) in [7, 11) is 0. The van der Waals surface area contributed by atoms with Crippen molar-refractivity contribution in [3.05, 3.63) is 21.3 Å². The highest BCUT2D eigenvalue weighted by Crippen LogP contribution is 2.39. The van der Waals surface area contributed by atoms with Crippen LogP contribution in [0.3, 0.4) is 0 Å². The number of thiophene rings is 1. The molecule has 3 rings (SSSR count). The Hall–Kier alpha value is -0.580. The van der Waals surface area contributed by atoms with Crippen LogP contribution in [0, 0.1) is 11.8 Å². The summed E-state index contributed by atoms with van der Waals surface area (Å²) >= 11 is 7.53. The van der Waals surface area contributed by atoms with Crippen LogP contribution in [0.1, 0.15) is 43.4 Å². The molecule has 0 saturated heterocycles. The average molecular weight is 327 g/mol. The number of rotatable bonds is 4. The van der Waals surface area contributed by atoms with Gasteiger partial charge < -0.3 is 11.1 Å². The summed E-state index contributed by atoms with van der Waals surface area (Å²) in [6.07, 6.45) is 7.21. The molecule has 2 atom stereocenters. The molecule has 0 aromatic carbocycles. The van der Waals surface area contributed by atoms with Gasteiger partial charge in [0.05, 0.1) is 5.02 Å². The quantitative estimate of drug-likeness (QED) is 0.891. The third-order valence-corrected chi connectivity index (χ3v) is 6.27. The second-order valence-electron chi connectivity index (χ2n) is 6.51. The van der Waals surface area contributed by atoms with Crippen LogP contribution >= 0.6 is 22.9 Å². The minimum Gasteiger partial charge on any atom is -0.353 e. The molecule has 1 amide bonds. The van der Waals surface area contributed by atoms with Crippen LogP contribution in [-0.2, 0) is 11.2 Å². The van der Waals surface area contributed by atoms with Gasteiger partial charge in [0.2, 0.25) is 5.91 Å². The lowest BCUT2D eigenvalue weighted by Crippen LogP contribution is -2.53. The van der Waals surface area contributed by atoms with Crippen LogP contribution in [0.5, 0.6) is 0 Å². The zero-order valence-electron chi connectivity index (χ0n) is 12.2. The molecule has 1 aromatic rings. The SMILES string of the molecule is NC1CC2CCCC(C1)C2NC(=O)CCc1cc(Cl)cs1. The summed E-state index contributed by atoms with van der Waals surface area (Å²) in [6, 6.07) is 2.65. The van der Waals surface area contributed by atoms with Gasteiger partial charge in [-0.05, 0) is 50.0 Å². The first-order valence-electron chi connectivity index (χ1n) is 7.89. The first-order chi connectivity index (χ1) is 10.1. The molecule has 0 spiro atoms. The lowest BCUT2D eigenvalue weighted by molar-refractivity contribution is -0.123. The minimum absolute atomic E-state index is 0.178. The highest BCUT2D eigenvalue weighted by atomic mass is 35.5. The molecule has 2 bridgehead atoms. The smallest absolute Gasteiger partial charge is 0.220 e. The fourth-order valence-electron chi connectivity index (χ4n) is 4.00. The first kappa shape index (κ1) is 15.3. The zero-order valence-corrected chi connectivity index (χ0v) is 13.8. The molecule has 2 aliphatic carbocycles. The Morgan fingerprint density at radius 2 is 2.10 bits per heavy atom. The molecule has 21 heavy (non-hydrogen) atoms. The second-order valence-corrected chi connectivity index (χ2v) is 7.94. The van der Waals surface area contributed by atoms with Gasteiger partial charge in [-0.1, -0.05) is 18.0 Å². The highest BCUT2D eigenvalue weighted by Gasteiger charge is 2.39. The number of fused-ring (bicyclic) bond motifs is 2. The Balaban J connectivity index is 1.52. The molecule has 0 radical (unpaired) electrons. The number of hydrogen-bond acceptors (Lipinski definition) is 3. The summed E-state index contributed by atoms with van der Waals surface area (Å²) in [6.45, 7) is 0. The van der Waals surface area contributed by atoms with Gasteiger partial charge in [-0.2, -0.15) is 0 Å². The van der Waals surface area contributed by atoms with Gasteiger partial charge >= 0.3 is 0 Å². The van der Waals surface area contributed by atoms with Crippen molar-refractivity contribution in [1.82, 2.24) is 5.32 Å². The topological polar surface area (TPSA) is 55.1 Å². The lowest BCUT2D eigenvalue weighted by Gasteiger charge is -2.45. The van der Waals surface area contributed by atoms with Gasteiger partial charge in [0.25, 0.3) is 0 Å². The van der Waals surface area contributed by atoms with E-state index in [2.05, 4.69) is 5.32 Å². The van der Waals surface area contributed by atoms with Crippen molar-refractivity contribution in [3.8, 4) is 0 Å². The molecule has 2 saturated carbocycles. The van der Waals surface area contributed by atoms with E-state index in [9.17, 15) is 4.79 Å². The van der Waals surface area contributed by atoms with Gasteiger partial charge in [-0.15, -0.1) is 11.3 Å². The predicted molar refractivity (Wildman–Crippen MR) is 87.6 cm³/mol. The molecule has 1 aromatic heterocycles. The van der Waals surface area contributed by atoms with Crippen molar-refractivity contribution >= 4 is 28.8 Å². The van der Waals surface area contributed by atoms with Crippen molar-refractivity contribution in [2.24, 2.45) is 17.6 Å². The van der Waals surface area contributed by atoms with Gasteiger partial charge in [0, 0.05) is 28.8 Å². The number of hydrogen-bond donors (Lipinski definition) is 2. The zero-order chi connectivity index (χ0) is 14.8. The Bertz CT molecular complexity index is 490. The average Bonchev–Trinajstić information content (AvgIpc) is 2.83. The molecule has 0 aliphatic heterocycles. The van der Waals surface area contributed by atoms with Crippen molar-refractivity contribution in [3.63, 3.8) is 0 Å². The van der Waals surface area contributed by atoms with E-state index in [1.54, 1.807) is 11.3 Å². The molecular formula is C16H23ClN2OS. The van der Waals surface area contributed by atoms with Crippen molar-refractivity contribution in [1.29, 1.82) is 0 Å². The fraction of sp³-hybridized carbons (Fsp3) is 0.688. The lowest BCUT2D eigenvalue weighted by atomic mass is 9.67. The number of nitrogens with one attached hydrogen (secondary N) is 1. The Morgan fingerprint density at radius 3 is 2.71 bits per heavy atom. The van der Waals surface area contributed by atoms with Crippen LogP contribution in [0.15, 0.2) is 11.4 Å². The molecule has 5 heteroatoms. The number of carbonyl (C=O) groups is 1. The number of carbonyl (C=O) groups excluding carboxylic acids is 1. The van der Waals surface area contributed by atoms with E-state index < -0.39 is 0 Å². The normalized spacial score (nSPS) is 31.9. The Labute approximate surface area is 135 Å². The van der Waals surface area contributed by atoms with Crippen LogP contribution in [0.2, 0.25) is 5.02 Å².